The predicted molar refractivity (Wildman–Crippen MR) is 122 cm³/mol. The molecular formula is C26H28N2O5. The Morgan fingerprint density at radius 3 is 2.21 bits per heavy atom. The third kappa shape index (κ3) is 4.32. The average Bonchev–Trinajstić information content (AvgIpc) is 3.24. The minimum absolute atomic E-state index is 0.0171. The molecule has 2 atom stereocenters. The maximum atomic E-state index is 12.8. The Balaban J connectivity index is 1.19. The first-order valence-corrected chi connectivity index (χ1v) is 11.6. The van der Waals surface area contributed by atoms with Crippen LogP contribution < -0.4 is 10.6 Å². The number of rotatable bonds is 7. The van der Waals surface area contributed by atoms with Crippen LogP contribution in [0.2, 0.25) is 0 Å². The molecule has 2 amide bonds. The highest BCUT2D eigenvalue weighted by Crippen LogP contribution is 2.44. The summed E-state index contributed by atoms with van der Waals surface area (Å²) in [7, 11) is 0. The van der Waals surface area contributed by atoms with Crippen molar-refractivity contribution in [3.8, 4) is 11.1 Å². The maximum absolute atomic E-state index is 12.8. The molecule has 2 saturated carbocycles. The molecule has 0 bridgehead atoms. The van der Waals surface area contributed by atoms with Gasteiger partial charge in [0.1, 0.15) is 6.61 Å². The fourth-order valence-electron chi connectivity index (χ4n) is 5.38. The predicted octanol–water partition coefficient (Wildman–Crippen LogP) is 3.82. The van der Waals surface area contributed by atoms with Crippen molar-refractivity contribution in [1.82, 2.24) is 10.6 Å². The monoisotopic (exact) mass is 448 g/mol. The molecule has 2 aromatic rings. The van der Waals surface area contributed by atoms with E-state index >= 15 is 0 Å². The highest BCUT2D eigenvalue weighted by atomic mass is 16.5. The van der Waals surface area contributed by atoms with Gasteiger partial charge in [0.2, 0.25) is 5.91 Å². The Morgan fingerprint density at radius 1 is 0.970 bits per heavy atom. The Labute approximate surface area is 192 Å². The zero-order chi connectivity index (χ0) is 23.0. The summed E-state index contributed by atoms with van der Waals surface area (Å²) in [6.07, 6.45) is 2.99. The lowest BCUT2D eigenvalue weighted by molar-refractivity contribution is -0.138. The van der Waals surface area contributed by atoms with Gasteiger partial charge in [0.15, 0.2) is 0 Å². The van der Waals surface area contributed by atoms with Crippen molar-refractivity contribution in [3.05, 3.63) is 59.7 Å². The third-order valence-corrected chi connectivity index (χ3v) is 7.23. The van der Waals surface area contributed by atoms with Crippen LogP contribution in [-0.2, 0) is 14.3 Å². The van der Waals surface area contributed by atoms with Crippen LogP contribution in [0.25, 0.3) is 11.1 Å². The molecule has 7 heteroatoms. The molecule has 3 aliphatic rings. The van der Waals surface area contributed by atoms with Gasteiger partial charge in [-0.05, 0) is 47.9 Å². The topological polar surface area (TPSA) is 105 Å². The number of hydrogen-bond acceptors (Lipinski definition) is 4. The van der Waals surface area contributed by atoms with Crippen LogP contribution >= 0.6 is 0 Å². The summed E-state index contributed by atoms with van der Waals surface area (Å²) < 4.78 is 5.64. The van der Waals surface area contributed by atoms with Crippen molar-refractivity contribution >= 4 is 18.0 Å². The van der Waals surface area contributed by atoms with Crippen molar-refractivity contribution < 1.29 is 24.2 Å². The smallest absolute Gasteiger partial charge is 0.407 e. The number of ether oxygens (including phenoxy) is 1. The molecular weight excluding hydrogens is 420 g/mol. The van der Waals surface area contributed by atoms with Crippen LogP contribution in [-0.4, -0.2) is 41.3 Å². The van der Waals surface area contributed by atoms with E-state index < -0.39 is 17.6 Å². The molecule has 2 aromatic carbocycles. The van der Waals surface area contributed by atoms with E-state index in [0.29, 0.717) is 25.7 Å². The molecule has 0 aliphatic heterocycles. The number of fused-ring (bicyclic) bond motifs is 3. The Morgan fingerprint density at radius 2 is 1.61 bits per heavy atom. The quantitative estimate of drug-likeness (QED) is 0.597. The molecule has 172 valence electrons. The summed E-state index contributed by atoms with van der Waals surface area (Å²) in [5.41, 5.74) is 4.03. The van der Waals surface area contributed by atoms with Crippen molar-refractivity contribution in [2.75, 3.05) is 6.61 Å². The van der Waals surface area contributed by atoms with Crippen LogP contribution in [0.1, 0.15) is 55.6 Å². The van der Waals surface area contributed by atoms with Crippen LogP contribution in [0.15, 0.2) is 48.5 Å². The van der Waals surface area contributed by atoms with Gasteiger partial charge in [-0.25, -0.2) is 4.79 Å². The normalized spacial score (nSPS) is 22.2. The van der Waals surface area contributed by atoms with Crippen molar-refractivity contribution in [1.29, 1.82) is 0 Å². The van der Waals surface area contributed by atoms with E-state index in [1.54, 1.807) is 0 Å². The Bertz CT molecular complexity index is 1050. The zero-order valence-corrected chi connectivity index (χ0v) is 18.4. The van der Waals surface area contributed by atoms with Crippen LogP contribution in [0.3, 0.4) is 0 Å². The molecule has 2 fully saturated rings. The largest absolute Gasteiger partial charge is 0.481 e. The molecule has 0 unspecified atom stereocenters. The molecule has 3 aliphatic carbocycles. The number of aliphatic carboxylic acids is 1. The number of nitrogens with one attached hydrogen (secondary N) is 2. The second-order valence-electron chi connectivity index (χ2n) is 9.45. The van der Waals surface area contributed by atoms with Crippen molar-refractivity contribution in [2.45, 2.75) is 56.0 Å². The molecule has 0 heterocycles. The molecule has 0 saturated heterocycles. The van der Waals surface area contributed by atoms with Crippen molar-refractivity contribution in [3.63, 3.8) is 0 Å². The summed E-state index contributed by atoms with van der Waals surface area (Å²) in [5.74, 6) is -1.46. The van der Waals surface area contributed by atoms with E-state index in [-0.39, 0.29) is 36.8 Å². The van der Waals surface area contributed by atoms with E-state index in [2.05, 4.69) is 34.9 Å². The Hall–Kier alpha value is -3.35. The molecule has 33 heavy (non-hydrogen) atoms. The van der Waals surface area contributed by atoms with Crippen LogP contribution in [0.5, 0.6) is 0 Å². The lowest BCUT2D eigenvalue weighted by Gasteiger charge is -2.24. The number of alkyl carbamates (subject to hydrolysis) is 1. The third-order valence-electron chi connectivity index (χ3n) is 7.23. The lowest BCUT2D eigenvalue weighted by Crippen LogP contribution is -2.48. The molecule has 7 nitrogen and oxygen atoms in total. The SMILES string of the molecule is O=C(O)CC1(NC(=O)[C@@H]2CCC[C@@H]2NC(=O)OCC2c3ccccc3-c3ccccc32)CC1. The van der Waals surface area contributed by atoms with Gasteiger partial charge in [0.25, 0.3) is 0 Å². The van der Waals surface area contributed by atoms with Gasteiger partial charge in [-0.3, -0.25) is 9.59 Å². The van der Waals surface area contributed by atoms with Gasteiger partial charge in [-0.2, -0.15) is 0 Å². The highest BCUT2D eigenvalue weighted by molar-refractivity contribution is 5.83. The fourth-order valence-corrected chi connectivity index (χ4v) is 5.38. The zero-order valence-electron chi connectivity index (χ0n) is 18.4. The van der Waals surface area contributed by atoms with Gasteiger partial charge in [0, 0.05) is 12.0 Å². The first-order valence-electron chi connectivity index (χ1n) is 11.6. The number of amides is 2. The van der Waals surface area contributed by atoms with E-state index in [1.165, 1.54) is 11.1 Å². The van der Waals surface area contributed by atoms with Gasteiger partial charge in [-0.15, -0.1) is 0 Å². The molecule has 5 rings (SSSR count). The van der Waals surface area contributed by atoms with Gasteiger partial charge < -0.3 is 20.5 Å². The van der Waals surface area contributed by atoms with Gasteiger partial charge in [-0.1, -0.05) is 55.0 Å². The number of carboxylic acids is 1. The van der Waals surface area contributed by atoms with Crippen LogP contribution in [0.4, 0.5) is 4.79 Å². The number of benzene rings is 2. The summed E-state index contributed by atoms with van der Waals surface area (Å²) in [5, 5.41) is 14.9. The molecule has 0 radical (unpaired) electrons. The summed E-state index contributed by atoms with van der Waals surface area (Å²) in [6.45, 7) is 0.227. The summed E-state index contributed by atoms with van der Waals surface area (Å²) >= 11 is 0. The molecule has 0 aromatic heterocycles. The fraction of sp³-hybridized carbons (Fsp3) is 0.423. The maximum Gasteiger partial charge on any atom is 0.407 e. The number of carbonyl (C=O) groups excluding carboxylic acids is 2. The Kier molecular flexibility index (Phi) is 5.56. The standard InChI is InChI=1S/C26H28N2O5/c29-23(30)14-26(12-13-26)28-24(31)20-10-5-11-22(20)27-25(32)33-15-21-18-8-3-1-6-16(18)17-7-2-4-9-19(17)21/h1-4,6-9,20-22H,5,10-15H2,(H,27,32)(H,28,31)(H,29,30)/t20-,22+/m1/s1. The summed E-state index contributed by atoms with van der Waals surface area (Å²) in [6, 6.07) is 16.0. The number of carbonyl (C=O) groups is 3. The lowest BCUT2D eigenvalue weighted by atomic mass is 9.98. The van der Waals surface area contributed by atoms with E-state index in [4.69, 9.17) is 9.84 Å². The second-order valence-corrected chi connectivity index (χ2v) is 9.45. The highest BCUT2D eigenvalue weighted by Gasteiger charge is 2.48. The van der Waals surface area contributed by atoms with E-state index in [1.807, 2.05) is 24.3 Å². The minimum Gasteiger partial charge on any atom is -0.481 e. The van der Waals surface area contributed by atoms with Gasteiger partial charge in [0.05, 0.1) is 17.9 Å². The van der Waals surface area contributed by atoms with Crippen LogP contribution in [0, 0.1) is 5.92 Å². The van der Waals surface area contributed by atoms with E-state index in [0.717, 1.165) is 17.5 Å². The molecule has 0 spiro atoms. The van der Waals surface area contributed by atoms with E-state index in [9.17, 15) is 14.4 Å². The molecule has 3 N–H and O–H groups in total. The number of hydrogen-bond donors (Lipinski definition) is 3. The van der Waals surface area contributed by atoms with Crippen molar-refractivity contribution in [2.24, 2.45) is 5.92 Å². The average molecular weight is 449 g/mol. The minimum atomic E-state index is -0.910. The first kappa shape index (κ1) is 21.5. The second kappa shape index (κ2) is 8.54. The van der Waals surface area contributed by atoms with Gasteiger partial charge >= 0.3 is 12.1 Å². The number of carboxylic acid groups (broad SMARTS) is 1. The summed E-state index contributed by atoms with van der Waals surface area (Å²) in [4.78, 5) is 36.5. The first-order chi connectivity index (χ1) is 16.0.